The summed E-state index contributed by atoms with van der Waals surface area (Å²) in [6.45, 7) is 2.75. The number of carbonyl (C=O) groups excluding carboxylic acids is 2. The third-order valence-corrected chi connectivity index (χ3v) is 6.85. The van der Waals surface area contributed by atoms with Gasteiger partial charge in [-0.2, -0.15) is 0 Å². The van der Waals surface area contributed by atoms with E-state index in [-0.39, 0.29) is 37.4 Å². The maximum Gasteiger partial charge on any atom is 0.247 e. The van der Waals surface area contributed by atoms with Gasteiger partial charge in [0.25, 0.3) is 0 Å². The van der Waals surface area contributed by atoms with Gasteiger partial charge in [0.05, 0.1) is 32.3 Å². The van der Waals surface area contributed by atoms with Crippen molar-refractivity contribution in [3.8, 4) is 11.5 Å². The highest BCUT2D eigenvalue weighted by Gasteiger charge is 2.51. The number of carbonyl (C=O) groups is 2. The molecule has 4 atom stereocenters. The molecule has 1 heterocycles. The van der Waals surface area contributed by atoms with Gasteiger partial charge >= 0.3 is 0 Å². The Morgan fingerprint density at radius 2 is 1.95 bits per heavy atom. The van der Waals surface area contributed by atoms with E-state index in [4.69, 9.17) is 9.47 Å². The average molecular weight is 541 g/mol. The Balaban J connectivity index is 1.85. The Morgan fingerprint density at radius 1 is 1.21 bits per heavy atom. The van der Waals surface area contributed by atoms with E-state index in [2.05, 4.69) is 5.32 Å². The lowest BCUT2D eigenvalue weighted by Gasteiger charge is -2.40. The van der Waals surface area contributed by atoms with Crippen LogP contribution >= 0.6 is 0 Å². The summed E-state index contributed by atoms with van der Waals surface area (Å²) in [6.07, 6.45) is 0.600. The number of rotatable bonds is 9. The number of ether oxygens (including phenoxy) is 2. The minimum atomic E-state index is -1.31. The first-order valence-corrected chi connectivity index (χ1v) is 12.7. The van der Waals surface area contributed by atoms with Crippen LogP contribution in [0.15, 0.2) is 59.7 Å². The zero-order chi connectivity index (χ0) is 28.3. The molecule has 0 radical (unpaired) electrons. The van der Waals surface area contributed by atoms with E-state index in [9.17, 15) is 29.3 Å². The molecule has 1 aliphatic heterocycles. The molecule has 2 aliphatic rings. The van der Waals surface area contributed by atoms with Crippen molar-refractivity contribution in [2.75, 3.05) is 20.3 Å². The minimum Gasteiger partial charge on any atom is -0.493 e. The van der Waals surface area contributed by atoms with Gasteiger partial charge in [-0.15, -0.1) is 0 Å². The van der Waals surface area contributed by atoms with Crippen LogP contribution in [0.3, 0.4) is 0 Å². The molecule has 39 heavy (non-hydrogen) atoms. The van der Waals surface area contributed by atoms with Crippen molar-refractivity contribution in [1.82, 2.24) is 10.2 Å². The number of allylic oxidation sites excluding steroid dienone is 1. The SMILES string of the molecule is COc1cc(CO)cc2c1OC1C2C(C(=O)NCCO)=CC(N(Cc2ccccc2F)C(=O)C=C(C)C)C1O. The zero-order valence-electron chi connectivity index (χ0n) is 22.1. The van der Waals surface area contributed by atoms with E-state index >= 15 is 0 Å². The molecule has 0 saturated heterocycles. The molecule has 1 aliphatic carbocycles. The number of nitrogens with zero attached hydrogens (tertiary/aromatic N) is 1. The minimum absolute atomic E-state index is 0.00979. The maximum atomic E-state index is 14.7. The quantitative estimate of drug-likeness (QED) is 0.358. The van der Waals surface area contributed by atoms with Gasteiger partial charge in [0, 0.05) is 35.9 Å². The second kappa shape index (κ2) is 12.0. The van der Waals surface area contributed by atoms with Crippen molar-refractivity contribution in [2.24, 2.45) is 0 Å². The van der Waals surface area contributed by atoms with Crippen molar-refractivity contribution in [2.45, 2.75) is 51.2 Å². The van der Waals surface area contributed by atoms with Crippen LogP contribution in [-0.2, 0) is 22.7 Å². The predicted molar refractivity (Wildman–Crippen MR) is 140 cm³/mol. The fourth-order valence-corrected chi connectivity index (χ4v) is 5.09. The molecule has 2 aromatic carbocycles. The van der Waals surface area contributed by atoms with Gasteiger partial charge in [0.2, 0.25) is 11.8 Å². The Morgan fingerprint density at radius 3 is 2.59 bits per heavy atom. The Kier molecular flexibility index (Phi) is 8.69. The number of benzene rings is 2. The highest BCUT2D eigenvalue weighted by atomic mass is 19.1. The molecular weight excluding hydrogens is 507 g/mol. The molecule has 0 saturated carbocycles. The van der Waals surface area contributed by atoms with Crippen LogP contribution in [-0.4, -0.2) is 70.5 Å². The van der Waals surface area contributed by atoms with Gasteiger partial charge in [-0.3, -0.25) is 9.59 Å². The number of halogens is 1. The van der Waals surface area contributed by atoms with E-state index in [0.717, 1.165) is 0 Å². The van der Waals surface area contributed by atoms with E-state index in [1.54, 1.807) is 44.2 Å². The second-order valence-electron chi connectivity index (χ2n) is 9.80. The number of hydrogen-bond donors (Lipinski definition) is 4. The zero-order valence-corrected chi connectivity index (χ0v) is 22.1. The van der Waals surface area contributed by atoms with Crippen LogP contribution in [0.5, 0.6) is 11.5 Å². The van der Waals surface area contributed by atoms with E-state index in [1.807, 2.05) is 0 Å². The van der Waals surface area contributed by atoms with E-state index < -0.39 is 41.8 Å². The van der Waals surface area contributed by atoms with Crippen molar-refractivity contribution < 1.29 is 38.8 Å². The standard InChI is InChI=1S/C29H33FN2O7/c1-16(2)10-24(35)32(14-18-6-4-5-7-21(18)30)22-13-20(29(37)31-8-9-33)25-19-11-17(15-34)12-23(38-3)27(19)39-28(25)26(22)36/h4-7,10-13,22,25-26,28,33-34,36H,8-9,14-15H2,1-3H3,(H,31,37). The largest absolute Gasteiger partial charge is 0.493 e. The lowest BCUT2D eigenvalue weighted by atomic mass is 9.77. The summed E-state index contributed by atoms with van der Waals surface area (Å²) in [7, 11) is 1.44. The van der Waals surface area contributed by atoms with Crippen LogP contribution in [0.2, 0.25) is 0 Å². The van der Waals surface area contributed by atoms with Crippen molar-refractivity contribution in [3.63, 3.8) is 0 Å². The summed E-state index contributed by atoms with van der Waals surface area (Å²) in [5.41, 5.74) is 2.23. The smallest absolute Gasteiger partial charge is 0.247 e. The summed E-state index contributed by atoms with van der Waals surface area (Å²) >= 11 is 0. The normalized spacial score (nSPS) is 21.2. The monoisotopic (exact) mass is 540 g/mol. The first-order chi connectivity index (χ1) is 18.7. The Labute approximate surface area is 226 Å². The fourth-order valence-electron chi connectivity index (χ4n) is 5.09. The fraction of sp³-hybridized carbons (Fsp3) is 0.379. The molecular formula is C29H33FN2O7. The molecule has 208 valence electrons. The first kappa shape index (κ1) is 28.3. The van der Waals surface area contributed by atoms with Crippen molar-refractivity contribution >= 4 is 11.8 Å². The van der Waals surface area contributed by atoms with Gasteiger partial charge in [-0.25, -0.2) is 4.39 Å². The van der Waals surface area contributed by atoms with Gasteiger partial charge in [0.1, 0.15) is 18.0 Å². The molecule has 0 bridgehead atoms. The Hall–Kier alpha value is -3.73. The van der Waals surface area contributed by atoms with Crippen molar-refractivity contribution in [3.05, 3.63) is 82.2 Å². The summed E-state index contributed by atoms with van der Waals surface area (Å²) < 4.78 is 26.3. The lowest BCUT2D eigenvalue weighted by molar-refractivity contribution is -0.133. The molecule has 0 aromatic heterocycles. The van der Waals surface area contributed by atoms with Gasteiger partial charge in [-0.05, 0) is 43.7 Å². The van der Waals surface area contributed by atoms with Crippen LogP contribution in [0.1, 0.15) is 36.5 Å². The van der Waals surface area contributed by atoms with Gasteiger partial charge in [0.15, 0.2) is 11.5 Å². The van der Waals surface area contributed by atoms with Crippen LogP contribution in [0.25, 0.3) is 0 Å². The topological polar surface area (TPSA) is 129 Å². The molecule has 4 N–H and O–H groups in total. The molecule has 9 nitrogen and oxygen atoms in total. The van der Waals surface area contributed by atoms with Crippen LogP contribution in [0.4, 0.5) is 4.39 Å². The third kappa shape index (κ3) is 5.68. The summed E-state index contributed by atoms with van der Waals surface area (Å²) in [4.78, 5) is 28.1. The van der Waals surface area contributed by atoms with E-state index in [0.29, 0.717) is 28.2 Å². The summed E-state index contributed by atoms with van der Waals surface area (Å²) in [5.74, 6) is -1.59. The van der Waals surface area contributed by atoms with Crippen LogP contribution in [0, 0.1) is 5.82 Å². The Bertz CT molecular complexity index is 1300. The highest BCUT2D eigenvalue weighted by Crippen LogP contribution is 2.51. The number of aliphatic hydroxyl groups excluding tert-OH is 3. The van der Waals surface area contributed by atoms with Crippen molar-refractivity contribution in [1.29, 1.82) is 0 Å². The number of nitrogens with one attached hydrogen (secondary N) is 1. The maximum absolute atomic E-state index is 14.7. The molecule has 4 unspecified atom stereocenters. The highest BCUT2D eigenvalue weighted by molar-refractivity contribution is 5.96. The number of methoxy groups -OCH3 is 1. The molecule has 2 amide bonds. The van der Waals surface area contributed by atoms with Gasteiger partial charge < -0.3 is 35.0 Å². The lowest BCUT2D eigenvalue weighted by Crippen LogP contribution is -2.55. The van der Waals surface area contributed by atoms with E-state index in [1.165, 1.54) is 30.2 Å². The second-order valence-corrected chi connectivity index (χ2v) is 9.80. The van der Waals surface area contributed by atoms with Crippen LogP contribution < -0.4 is 14.8 Å². The number of amides is 2. The number of hydrogen-bond acceptors (Lipinski definition) is 7. The molecule has 0 spiro atoms. The first-order valence-electron chi connectivity index (χ1n) is 12.7. The summed E-state index contributed by atoms with van der Waals surface area (Å²) in [5, 5.41) is 33.4. The van der Waals surface area contributed by atoms with Gasteiger partial charge in [-0.1, -0.05) is 23.8 Å². The molecule has 2 aromatic rings. The predicted octanol–water partition coefficient (Wildman–Crippen LogP) is 1.94. The number of aliphatic hydroxyl groups is 3. The molecule has 4 rings (SSSR count). The average Bonchev–Trinajstić information content (AvgIpc) is 3.31. The molecule has 10 heteroatoms. The molecule has 0 fully saturated rings. The summed E-state index contributed by atoms with van der Waals surface area (Å²) in [6, 6.07) is 8.28. The number of fused-ring (bicyclic) bond motifs is 3. The third-order valence-electron chi connectivity index (χ3n) is 6.85.